The van der Waals surface area contributed by atoms with E-state index in [1.54, 1.807) is 39.0 Å². The highest BCUT2D eigenvalue weighted by molar-refractivity contribution is 6.05. The van der Waals surface area contributed by atoms with Crippen LogP contribution in [-0.2, 0) is 4.79 Å². The second-order valence-electron chi connectivity index (χ2n) is 6.27. The van der Waals surface area contributed by atoms with Gasteiger partial charge in [-0.05, 0) is 25.1 Å². The second kappa shape index (κ2) is 8.31. The van der Waals surface area contributed by atoms with Crippen LogP contribution in [0.5, 0.6) is 5.75 Å². The van der Waals surface area contributed by atoms with E-state index in [0.717, 1.165) is 0 Å². The van der Waals surface area contributed by atoms with E-state index in [4.69, 9.17) is 4.74 Å². The molecule has 0 aliphatic rings. The first-order chi connectivity index (χ1) is 12.7. The van der Waals surface area contributed by atoms with Gasteiger partial charge in [0.1, 0.15) is 5.75 Å². The van der Waals surface area contributed by atoms with Gasteiger partial charge in [-0.25, -0.2) is 0 Å². The van der Waals surface area contributed by atoms with Crippen LogP contribution < -0.4 is 15.4 Å². The molecule has 0 aliphatic carbocycles. The summed E-state index contributed by atoms with van der Waals surface area (Å²) in [4.78, 5) is 34.8. The molecule has 0 saturated carbocycles. The first-order valence-corrected chi connectivity index (χ1v) is 8.28. The van der Waals surface area contributed by atoms with E-state index in [1.165, 1.54) is 25.3 Å². The van der Waals surface area contributed by atoms with Crippen LogP contribution in [-0.4, -0.2) is 23.8 Å². The zero-order valence-corrected chi connectivity index (χ0v) is 15.5. The third-order valence-electron chi connectivity index (χ3n) is 3.91. The van der Waals surface area contributed by atoms with Crippen LogP contribution in [0.15, 0.2) is 36.4 Å². The van der Waals surface area contributed by atoms with Crippen molar-refractivity contribution in [1.29, 1.82) is 0 Å². The molecule has 2 aromatic carbocycles. The molecule has 0 unspecified atom stereocenters. The number of amides is 2. The molecule has 0 bridgehead atoms. The number of hydrogen-bond acceptors (Lipinski definition) is 5. The first-order valence-electron chi connectivity index (χ1n) is 8.28. The van der Waals surface area contributed by atoms with Gasteiger partial charge in [-0.1, -0.05) is 19.9 Å². The van der Waals surface area contributed by atoms with Crippen molar-refractivity contribution in [2.24, 2.45) is 5.92 Å². The molecule has 0 fully saturated rings. The smallest absolute Gasteiger partial charge is 0.273 e. The lowest BCUT2D eigenvalue weighted by molar-refractivity contribution is -0.385. The van der Waals surface area contributed by atoms with Gasteiger partial charge < -0.3 is 15.4 Å². The SMILES string of the molecule is COc1cc(NC(=O)c2ccc(C)c([N+](=O)[O-])c2)ccc1NC(=O)C(C)C. The monoisotopic (exact) mass is 371 g/mol. The summed E-state index contributed by atoms with van der Waals surface area (Å²) in [7, 11) is 1.45. The maximum Gasteiger partial charge on any atom is 0.273 e. The number of nitro groups is 1. The van der Waals surface area contributed by atoms with E-state index in [0.29, 0.717) is 22.7 Å². The van der Waals surface area contributed by atoms with Crippen molar-refractivity contribution in [3.8, 4) is 5.75 Å². The Balaban J connectivity index is 2.22. The fourth-order valence-corrected chi connectivity index (χ4v) is 2.30. The van der Waals surface area contributed by atoms with Gasteiger partial charge in [0.05, 0.1) is 17.7 Å². The van der Waals surface area contributed by atoms with Crippen LogP contribution in [0.3, 0.4) is 0 Å². The van der Waals surface area contributed by atoms with E-state index >= 15 is 0 Å². The Morgan fingerprint density at radius 3 is 2.41 bits per heavy atom. The zero-order chi connectivity index (χ0) is 20.1. The highest BCUT2D eigenvalue weighted by Crippen LogP contribution is 2.29. The topological polar surface area (TPSA) is 111 Å². The molecular formula is C19H21N3O5. The number of hydrogen-bond donors (Lipinski definition) is 2. The van der Waals surface area contributed by atoms with E-state index in [2.05, 4.69) is 10.6 Å². The summed E-state index contributed by atoms with van der Waals surface area (Å²) in [6, 6.07) is 9.07. The minimum Gasteiger partial charge on any atom is -0.494 e. The number of aryl methyl sites for hydroxylation is 1. The number of nitrogens with zero attached hydrogens (tertiary/aromatic N) is 1. The predicted octanol–water partition coefficient (Wildman–Crippen LogP) is 3.76. The molecule has 2 amide bonds. The Hall–Kier alpha value is -3.42. The average Bonchev–Trinajstić information content (AvgIpc) is 2.62. The summed E-state index contributed by atoms with van der Waals surface area (Å²) in [6.45, 7) is 5.16. The Morgan fingerprint density at radius 1 is 1.11 bits per heavy atom. The van der Waals surface area contributed by atoms with Gasteiger partial charge in [0, 0.05) is 34.9 Å². The summed E-state index contributed by atoms with van der Waals surface area (Å²) >= 11 is 0. The number of carbonyl (C=O) groups excluding carboxylic acids is 2. The van der Waals surface area contributed by atoms with Crippen molar-refractivity contribution in [2.45, 2.75) is 20.8 Å². The lowest BCUT2D eigenvalue weighted by Crippen LogP contribution is -2.18. The molecule has 8 nitrogen and oxygen atoms in total. The molecule has 0 aromatic heterocycles. The van der Waals surface area contributed by atoms with Gasteiger partial charge in [0.25, 0.3) is 11.6 Å². The summed E-state index contributed by atoms with van der Waals surface area (Å²) in [6.07, 6.45) is 0. The third kappa shape index (κ3) is 4.81. The van der Waals surface area contributed by atoms with Crippen LogP contribution in [0, 0.1) is 23.0 Å². The minimum atomic E-state index is -0.526. The van der Waals surface area contributed by atoms with Gasteiger partial charge in [0.2, 0.25) is 5.91 Å². The van der Waals surface area contributed by atoms with Crippen LogP contribution in [0.2, 0.25) is 0 Å². The summed E-state index contributed by atoms with van der Waals surface area (Å²) in [5.41, 5.74) is 1.45. The quantitative estimate of drug-likeness (QED) is 0.593. The lowest BCUT2D eigenvalue weighted by Gasteiger charge is -2.14. The van der Waals surface area contributed by atoms with Crippen LogP contribution >= 0.6 is 0 Å². The van der Waals surface area contributed by atoms with Gasteiger partial charge in [-0.2, -0.15) is 0 Å². The Labute approximate surface area is 156 Å². The van der Waals surface area contributed by atoms with E-state index in [-0.39, 0.29) is 23.1 Å². The average molecular weight is 371 g/mol. The lowest BCUT2D eigenvalue weighted by atomic mass is 10.1. The van der Waals surface area contributed by atoms with Gasteiger partial charge in [-0.15, -0.1) is 0 Å². The highest BCUT2D eigenvalue weighted by atomic mass is 16.6. The Morgan fingerprint density at radius 2 is 1.81 bits per heavy atom. The number of ether oxygens (including phenoxy) is 1. The molecule has 0 radical (unpaired) electrons. The number of anilines is 2. The van der Waals surface area contributed by atoms with E-state index < -0.39 is 10.8 Å². The van der Waals surface area contributed by atoms with Gasteiger partial charge >= 0.3 is 0 Å². The van der Waals surface area contributed by atoms with Crippen LogP contribution in [0.1, 0.15) is 29.8 Å². The summed E-state index contributed by atoms with van der Waals surface area (Å²) in [5, 5.41) is 16.4. The maximum atomic E-state index is 12.4. The second-order valence-corrected chi connectivity index (χ2v) is 6.27. The molecule has 0 aliphatic heterocycles. The maximum absolute atomic E-state index is 12.4. The highest BCUT2D eigenvalue weighted by Gasteiger charge is 2.16. The largest absolute Gasteiger partial charge is 0.494 e. The van der Waals surface area contributed by atoms with Gasteiger partial charge in [0.15, 0.2) is 0 Å². The standard InChI is InChI=1S/C19H21N3O5/c1-11(2)18(23)21-15-8-7-14(10-17(15)27-4)20-19(24)13-6-5-12(3)16(9-13)22(25)26/h5-11H,1-4H3,(H,20,24)(H,21,23). The molecule has 2 aromatic rings. The fraction of sp³-hybridized carbons (Fsp3) is 0.263. The normalized spacial score (nSPS) is 10.4. The molecule has 0 heterocycles. The summed E-state index contributed by atoms with van der Waals surface area (Å²) in [5.74, 6) is -0.445. The molecule has 8 heteroatoms. The Bertz CT molecular complexity index is 893. The zero-order valence-electron chi connectivity index (χ0n) is 15.5. The number of benzene rings is 2. The molecule has 0 spiro atoms. The van der Waals surface area contributed by atoms with E-state index in [9.17, 15) is 19.7 Å². The van der Waals surface area contributed by atoms with E-state index in [1.807, 2.05) is 0 Å². The molecule has 27 heavy (non-hydrogen) atoms. The van der Waals surface area contributed by atoms with Crippen molar-refractivity contribution in [2.75, 3.05) is 17.7 Å². The van der Waals surface area contributed by atoms with Crippen molar-refractivity contribution >= 4 is 28.9 Å². The van der Waals surface area contributed by atoms with Crippen molar-refractivity contribution in [1.82, 2.24) is 0 Å². The fourth-order valence-electron chi connectivity index (χ4n) is 2.30. The minimum absolute atomic E-state index is 0.119. The van der Waals surface area contributed by atoms with Crippen molar-refractivity contribution in [3.63, 3.8) is 0 Å². The molecule has 0 saturated heterocycles. The third-order valence-corrected chi connectivity index (χ3v) is 3.91. The Kier molecular flexibility index (Phi) is 6.12. The number of methoxy groups -OCH3 is 1. The number of carbonyl (C=O) groups is 2. The number of rotatable bonds is 6. The molecule has 0 atom stereocenters. The molecule has 2 N–H and O–H groups in total. The number of nitrogens with one attached hydrogen (secondary N) is 2. The van der Waals surface area contributed by atoms with Crippen molar-refractivity contribution in [3.05, 3.63) is 57.6 Å². The van der Waals surface area contributed by atoms with Crippen LogP contribution in [0.25, 0.3) is 0 Å². The van der Waals surface area contributed by atoms with Gasteiger partial charge in [-0.3, -0.25) is 19.7 Å². The molecule has 2 rings (SSSR count). The summed E-state index contributed by atoms with van der Waals surface area (Å²) < 4.78 is 5.26. The molecular weight excluding hydrogens is 350 g/mol. The number of nitro benzene ring substituents is 1. The van der Waals surface area contributed by atoms with Crippen molar-refractivity contribution < 1.29 is 19.2 Å². The molecule has 142 valence electrons. The van der Waals surface area contributed by atoms with Crippen LogP contribution in [0.4, 0.5) is 17.1 Å². The predicted molar refractivity (Wildman–Crippen MR) is 102 cm³/mol. The first kappa shape index (κ1) is 19.9.